The number of carboxylic acid groups (broad SMARTS) is 1. The molecule has 7 nitrogen and oxygen atoms in total. The normalized spacial score (nSPS) is 12.0. The maximum Gasteiger partial charge on any atom is 0.326 e. The third kappa shape index (κ3) is 4.35. The summed E-state index contributed by atoms with van der Waals surface area (Å²) in [6.07, 6.45) is 1.88. The number of rotatable bonds is 6. The summed E-state index contributed by atoms with van der Waals surface area (Å²) in [4.78, 5) is 38.9. The van der Waals surface area contributed by atoms with Crippen molar-refractivity contribution >= 4 is 44.6 Å². The highest BCUT2D eigenvalue weighted by Gasteiger charge is 2.22. The zero-order chi connectivity index (χ0) is 17.9. The predicted octanol–water partition coefficient (Wildman–Crippen LogP) is 1.52. The topological polar surface area (TPSA) is 103 Å². The smallest absolute Gasteiger partial charge is 0.326 e. The molecule has 1 atom stereocenters. The van der Waals surface area contributed by atoms with Crippen molar-refractivity contribution in [1.82, 2.24) is 15.2 Å². The monoisotopic (exact) mass is 395 g/mol. The summed E-state index contributed by atoms with van der Waals surface area (Å²) in [7, 11) is 1.48. The van der Waals surface area contributed by atoms with E-state index >= 15 is 0 Å². The van der Waals surface area contributed by atoms with E-state index in [-0.39, 0.29) is 18.9 Å². The number of aromatic nitrogens is 1. The van der Waals surface area contributed by atoms with E-state index in [9.17, 15) is 19.5 Å². The molecular formula is C16H18BrN3O4. The largest absolute Gasteiger partial charge is 0.480 e. The number of halogens is 1. The van der Waals surface area contributed by atoms with Gasteiger partial charge in [0.1, 0.15) is 6.04 Å². The molecule has 0 aliphatic heterocycles. The minimum absolute atomic E-state index is 0.140. The zero-order valence-corrected chi connectivity index (χ0v) is 14.9. The number of likely N-dealkylation sites (N-methyl/N-ethyl adjacent to an activating group) is 1. The number of carboxylic acids is 1. The lowest BCUT2D eigenvalue weighted by molar-refractivity contribution is -0.142. The van der Waals surface area contributed by atoms with Crippen LogP contribution in [0.5, 0.6) is 0 Å². The summed E-state index contributed by atoms with van der Waals surface area (Å²) in [6, 6.07) is 4.59. The van der Waals surface area contributed by atoms with E-state index in [1.54, 1.807) is 6.20 Å². The molecule has 8 heteroatoms. The molecule has 2 amide bonds. The summed E-state index contributed by atoms with van der Waals surface area (Å²) in [5.74, 6) is -1.90. The fourth-order valence-corrected chi connectivity index (χ4v) is 2.67. The first-order valence-electron chi connectivity index (χ1n) is 7.27. The number of aliphatic carboxylic acids is 1. The molecule has 1 aromatic carbocycles. The van der Waals surface area contributed by atoms with Crippen LogP contribution in [-0.4, -0.2) is 52.4 Å². The number of aromatic amines is 1. The Balaban J connectivity index is 2.13. The van der Waals surface area contributed by atoms with Gasteiger partial charge in [-0.25, -0.2) is 4.79 Å². The van der Waals surface area contributed by atoms with E-state index in [1.165, 1.54) is 18.9 Å². The standard InChI is InChI=1S/C16H18BrN3O4/c1-9(21)20(2)8-15(22)19-14(16(23)24)5-10-7-18-13-4-3-11(17)6-12(10)13/h3-4,6-7,14,18H,5,8H2,1-2H3,(H,19,22)(H,23,24). The number of carbonyl (C=O) groups excluding carboxylic acids is 2. The lowest BCUT2D eigenvalue weighted by Crippen LogP contribution is -2.46. The van der Waals surface area contributed by atoms with Crippen molar-refractivity contribution < 1.29 is 19.5 Å². The van der Waals surface area contributed by atoms with E-state index in [2.05, 4.69) is 26.2 Å². The van der Waals surface area contributed by atoms with Crippen LogP contribution in [0.2, 0.25) is 0 Å². The molecule has 24 heavy (non-hydrogen) atoms. The average molecular weight is 396 g/mol. The Hall–Kier alpha value is -2.35. The molecule has 0 spiro atoms. The Labute approximate surface area is 147 Å². The molecule has 0 aliphatic carbocycles. The van der Waals surface area contributed by atoms with E-state index in [4.69, 9.17) is 0 Å². The van der Waals surface area contributed by atoms with Crippen LogP contribution in [0.25, 0.3) is 10.9 Å². The average Bonchev–Trinajstić information content (AvgIpc) is 2.88. The highest BCUT2D eigenvalue weighted by Crippen LogP contribution is 2.23. The van der Waals surface area contributed by atoms with Crippen molar-refractivity contribution in [2.24, 2.45) is 0 Å². The summed E-state index contributed by atoms with van der Waals surface area (Å²) in [5, 5.41) is 12.7. The van der Waals surface area contributed by atoms with E-state index in [1.807, 2.05) is 18.2 Å². The van der Waals surface area contributed by atoms with Crippen LogP contribution < -0.4 is 5.32 Å². The van der Waals surface area contributed by atoms with Gasteiger partial charge in [0, 0.05) is 42.0 Å². The van der Waals surface area contributed by atoms with Gasteiger partial charge in [0.25, 0.3) is 0 Å². The fraction of sp³-hybridized carbons (Fsp3) is 0.312. The van der Waals surface area contributed by atoms with Crippen LogP contribution in [0.3, 0.4) is 0 Å². The maximum atomic E-state index is 11.9. The molecule has 2 aromatic rings. The van der Waals surface area contributed by atoms with Gasteiger partial charge in [-0.05, 0) is 23.8 Å². The van der Waals surface area contributed by atoms with Crippen molar-refractivity contribution in [3.63, 3.8) is 0 Å². The second-order valence-electron chi connectivity index (χ2n) is 5.54. The van der Waals surface area contributed by atoms with Gasteiger partial charge in [-0.1, -0.05) is 15.9 Å². The van der Waals surface area contributed by atoms with Gasteiger partial charge in [-0.15, -0.1) is 0 Å². The number of hydrogen-bond donors (Lipinski definition) is 3. The summed E-state index contributed by atoms with van der Waals surface area (Å²) in [5.41, 5.74) is 1.68. The van der Waals surface area contributed by atoms with E-state index in [0.29, 0.717) is 0 Å². The first kappa shape index (κ1) is 18.0. The van der Waals surface area contributed by atoms with Gasteiger partial charge >= 0.3 is 5.97 Å². The fourth-order valence-electron chi connectivity index (χ4n) is 2.31. The number of nitrogens with one attached hydrogen (secondary N) is 2. The van der Waals surface area contributed by atoms with Gasteiger partial charge in [-0.3, -0.25) is 9.59 Å². The second-order valence-corrected chi connectivity index (χ2v) is 6.46. The first-order valence-corrected chi connectivity index (χ1v) is 8.06. The van der Waals surface area contributed by atoms with Crippen LogP contribution in [0.4, 0.5) is 0 Å². The number of amides is 2. The summed E-state index contributed by atoms with van der Waals surface area (Å²) < 4.78 is 0.884. The van der Waals surface area contributed by atoms with E-state index in [0.717, 1.165) is 20.9 Å². The van der Waals surface area contributed by atoms with Crippen LogP contribution in [0.15, 0.2) is 28.9 Å². The predicted molar refractivity (Wildman–Crippen MR) is 92.6 cm³/mol. The summed E-state index contributed by atoms with van der Waals surface area (Å²) >= 11 is 3.39. The molecule has 0 aliphatic rings. The van der Waals surface area contributed by atoms with Crippen LogP contribution in [0.1, 0.15) is 12.5 Å². The van der Waals surface area contributed by atoms with Gasteiger partial charge in [0.2, 0.25) is 11.8 Å². The van der Waals surface area contributed by atoms with Crippen molar-refractivity contribution in [2.75, 3.05) is 13.6 Å². The van der Waals surface area contributed by atoms with Gasteiger partial charge < -0.3 is 20.3 Å². The molecule has 0 saturated carbocycles. The van der Waals surface area contributed by atoms with Gasteiger partial charge in [0.15, 0.2) is 0 Å². The third-order valence-corrected chi connectivity index (χ3v) is 4.20. The Kier molecular flexibility index (Phi) is 5.61. The Morgan fingerprint density at radius 3 is 2.71 bits per heavy atom. The lowest BCUT2D eigenvalue weighted by atomic mass is 10.0. The number of benzene rings is 1. The number of fused-ring (bicyclic) bond motifs is 1. The van der Waals surface area contributed by atoms with Crippen molar-refractivity contribution in [2.45, 2.75) is 19.4 Å². The van der Waals surface area contributed by atoms with Crippen LogP contribution in [-0.2, 0) is 20.8 Å². The van der Waals surface area contributed by atoms with Crippen LogP contribution >= 0.6 is 15.9 Å². The molecule has 0 radical (unpaired) electrons. The summed E-state index contributed by atoms with van der Waals surface area (Å²) in [6.45, 7) is 1.16. The first-order chi connectivity index (χ1) is 11.3. The molecule has 1 aromatic heterocycles. The van der Waals surface area contributed by atoms with Crippen molar-refractivity contribution in [3.05, 3.63) is 34.4 Å². The van der Waals surface area contributed by atoms with E-state index < -0.39 is 17.9 Å². The molecule has 2 rings (SSSR count). The zero-order valence-electron chi connectivity index (χ0n) is 13.3. The molecule has 0 bridgehead atoms. The molecule has 1 unspecified atom stereocenters. The highest BCUT2D eigenvalue weighted by atomic mass is 79.9. The highest BCUT2D eigenvalue weighted by molar-refractivity contribution is 9.10. The SMILES string of the molecule is CC(=O)N(C)CC(=O)NC(Cc1c[nH]c2ccc(Br)cc12)C(=O)O. The van der Waals surface area contributed by atoms with Crippen molar-refractivity contribution in [3.8, 4) is 0 Å². The van der Waals surface area contributed by atoms with Crippen molar-refractivity contribution in [1.29, 1.82) is 0 Å². The minimum Gasteiger partial charge on any atom is -0.480 e. The Morgan fingerprint density at radius 1 is 1.38 bits per heavy atom. The number of hydrogen-bond acceptors (Lipinski definition) is 3. The Morgan fingerprint density at radius 2 is 2.08 bits per heavy atom. The quantitative estimate of drug-likeness (QED) is 0.689. The number of nitrogens with zero attached hydrogens (tertiary/aromatic N) is 1. The second kappa shape index (κ2) is 7.48. The molecule has 0 saturated heterocycles. The third-order valence-electron chi connectivity index (χ3n) is 3.71. The number of carbonyl (C=O) groups is 3. The van der Waals surface area contributed by atoms with Crippen LogP contribution in [0, 0.1) is 0 Å². The molecule has 1 heterocycles. The van der Waals surface area contributed by atoms with Gasteiger partial charge in [-0.2, -0.15) is 0 Å². The molecule has 0 fully saturated rings. The molecule has 3 N–H and O–H groups in total. The van der Waals surface area contributed by atoms with Gasteiger partial charge in [0.05, 0.1) is 6.54 Å². The lowest BCUT2D eigenvalue weighted by Gasteiger charge is -2.18. The molecular weight excluding hydrogens is 378 g/mol. The number of H-pyrrole nitrogens is 1. The molecule has 128 valence electrons. The Bertz CT molecular complexity index is 787. The maximum absolute atomic E-state index is 11.9. The minimum atomic E-state index is -1.13.